The zero-order valence-corrected chi connectivity index (χ0v) is 11.8. The first-order valence-electron chi connectivity index (χ1n) is 7.07. The van der Waals surface area contributed by atoms with Crippen LogP contribution in [0.15, 0.2) is 0 Å². The average molecular weight is 258 g/mol. The van der Waals surface area contributed by atoms with E-state index < -0.39 is 5.60 Å². The van der Waals surface area contributed by atoms with Crippen molar-refractivity contribution in [3.05, 3.63) is 0 Å². The van der Waals surface area contributed by atoms with Gasteiger partial charge >= 0.3 is 0 Å². The van der Waals surface area contributed by atoms with Crippen LogP contribution in [0.5, 0.6) is 0 Å². The summed E-state index contributed by atoms with van der Waals surface area (Å²) in [5.74, 6) is 2.92. The first-order valence-corrected chi connectivity index (χ1v) is 8.22. The maximum atomic E-state index is 11.0. The number of rotatable bonds is 3. The molecule has 0 spiro atoms. The lowest BCUT2D eigenvalue weighted by molar-refractivity contribution is -0.130. The number of hydrogen-bond acceptors (Lipinski definition) is 3. The summed E-state index contributed by atoms with van der Waals surface area (Å²) in [4.78, 5) is 0. The molecule has 2 fully saturated rings. The molecular formula is C14H26O2S. The third kappa shape index (κ3) is 2.52. The summed E-state index contributed by atoms with van der Waals surface area (Å²) in [6.45, 7) is 2.40. The molecule has 3 heteroatoms. The van der Waals surface area contributed by atoms with Gasteiger partial charge in [-0.25, -0.2) is 0 Å². The maximum Gasteiger partial charge on any atom is 0.0733 e. The number of hydrogen-bond donors (Lipinski definition) is 2. The minimum Gasteiger partial charge on any atom is -0.396 e. The van der Waals surface area contributed by atoms with Crippen LogP contribution < -0.4 is 0 Å². The quantitative estimate of drug-likeness (QED) is 0.818. The van der Waals surface area contributed by atoms with E-state index in [4.69, 9.17) is 0 Å². The first kappa shape index (κ1) is 13.7. The van der Waals surface area contributed by atoms with E-state index in [2.05, 4.69) is 6.92 Å². The Morgan fingerprint density at radius 1 is 1.24 bits per heavy atom. The molecule has 0 aromatic rings. The average Bonchev–Trinajstić information content (AvgIpc) is 2.40. The van der Waals surface area contributed by atoms with Gasteiger partial charge in [0.25, 0.3) is 0 Å². The van der Waals surface area contributed by atoms with Gasteiger partial charge in [0.05, 0.1) is 12.2 Å². The van der Waals surface area contributed by atoms with Crippen LogP contribution in [-0.2, 0) is 0 Å². The van der Waals surface area contributed by atoms with Crippen LogP contribution >= 0.6 is 11.8 Å². The van der Waals surface area contributed by atoms with Crippen molar-refractivity contribution in [1.82, 2.24) is 0 Å². The number of aliphatic hydroxyl groups is 2. The van der Waals surface area contributed by atoms with Crippen LogP contribution in [0.3, 0.4) is 0 Å². The number of thioether (sulfide) groups is 1. The van der Waals surface area contributed by atoms with Crippen LogP contribution in [0.2, 0.25) is 0 Å². The summed E-state index contributed by atoms with van der Waals surface area (Å²) in [6, 6.07) is 0. The lowest BCUT2D eigenvalue weighted by Crippen LogP contribution is -2.55. The molecule has 2 aliphatic rings. The van der Waals surface area contributed by atoms with E-state index in [1.54, 1.807) is 0 Å². The van der Waals surface area contributed by atoms with Gasteiger partial charge in [0.15, 0.2) is 0 Å². The van der Waals surface area contributed by atoms with Crippen LogP contribution in [0.1, 0.15) is 51.9 Å². The molecule has 2 N–H and O–H groups in total. The monoisotopic (exact) mass is 258 g/mol. The molecule has 100 valence electrons. The Bertz CT molecular complexity index is 241. The molecule has 0 amide bonds. The van der Waals surface area contributed by atoms with E-state index in [-0.39, 0.29) is 12.0 Å². The highest BCUT2D eigenvalue weighted by Gasteiger charge is 2.51. The van der Waals surface area contributed by atoms with Crippen LogP contribution in [0.4, 0.5) is 0 Å². The molecule has 2 rings (SSSR count). The molecule has 0 aromatic carbocycles. The molecule has 1 unspecified atom stereocenters. The molecule has 2 nitrogen and oxygen atoms in total. The van der Waals surface area contributed by atoms with Crippen molar-refractivity contribution < 1.29 is 10.2 Å². The summed E-state index contributed by atoms with van der Waals surface area (Å²) >= 11 is 1.91. The lowest BCUT2D eigenvalue weighted by Gasteiger charge is -2.51. The fourth-order valence-electron chi connectivity index (χ4n) is 3.58. The standard InChI is InChI=1S/C14H26O2S/c1-2-12-4-7-14(16,8-5-12)13(10-15)6-3-9-17-11-13/h12,15-16H,2-11H2,1H3. The summed E-state index contributed by atoms with van der Waals surface area (Å²) in [5.41, 5.74) is -0.810. The second-order valence-corrected chi connectivity index (χ2v) is 7.08. The van der Waals surface area contributed by atoms with Crippen molar-refractivity contribution in [2.75, 3.05) is 18.1 Å². The highest BCUT2D eigenvalue weighted by Crippen LogP contribution is 2.50. The molecule has 1 aliphatic carbocycles. The fraction of sp³-hybridized carbons (Fsp3) is 1.00. The maximum absolute atomic E-state index is 11.0. The van der Waals surface area contributed by atoms with Crippen molar-refractivity contribution in [2.45, 2.75) is 57.5 Å². The van der Waals surface area contributed by atoms with Crippen LogP contribution in [0.25, 0.3) is 0 Å². The fourth-order valence-corrected chi connectivity index (χ4v) is 4.97. The van der Waals surface area contributed by atoms with Crippen molar-refractivity contribution in [1.29, 1.82) is 0 Å². The molecule has 1 atom stereocenters. The minimum absolute atomic E-state index is 0.160. The molecular weight excluding hydrogens is 232 g/mol. The molecule has 1 saturated carbocycles. The Hall–Kier alpha value is 0.270. The third-order valence-corrected chi connectivity index (χ3v) is 6.46. The van der Waals surface area contributed by atoms with Crippen molar-refractivity contribution in [3.8, 4) is 0 Å². The molecule has 0 bridgehead atoms. The van der Waals surface area contributed by atoms with E-state index >= 15 is 0 Å². The van der Waals surface area contributed by atoms with Gasteiger partial charge in [0.1, 0.15) is 0 Å². The normalized spacial score (nSPS) is 43.6. The SMILES string of the molecule is CCC1CCC(O)(C2(CO)CCCSC2)CC1. The Labute approximate surface area is 109 Å². The highest BCUT2D eigenvalue weighted by molar-refractivity contribution is 7.99. The predicted octanol–water partition coefficient (Wildman–Crippen LogP) is 2.82. The molecule has 1 heterocycles. The molecule has 1 aliphatic heterocycles. The summed E-state index contributed by atoms with van der Waals surface area (Å²) in [7, 11) is 0. The zero-order chi connectivity index (χ0) is 12.4. The van der Waals surface area contributed by atoms with Gasteiger partial charge in [0, 0.05) is 11.2 Å². The molecule has 17 heavy (non-hydrogen) atoms. The second kappa shape index (κ2) is 5.50. The Morgan fingerprint density at radius 2 is 1.94 bits per heavy atom. The van der Waals surface area contributed by atoms with E-state index in [1.165, 1.54) is 12.2 Å². The minimum atomic E-state index is -0.596. The predicted molar refractivity (Wildman–Crippen MR) is 73.3 cm³/mol. The van der Waals surface area contributed by atoms with Gasteiger partial charge in [-0.3, -0.25) is 0 Å². The van der Waals surface area contributed by atoms with Gasteiger partial charge < -0.3 is 10.2 Å². The Kier molecular flexibility index (Phi) is 4.43. The highest BCUT2D eigenvalue weighted by atomic mass is 32.2. The molecule has 0 radical (unpaired) electrons. The topological polar surface area (TPSA) is 40.5 Å². The van der Waals surface area contributed by atoms with Crippen molar-refractivity contribution in [2.24, 2.45) is 11.3 Å². The van der Waals surface area contributed by atoms with Gasteiger partial charge in [-0.2, -0.15) is 11.8 Å². The largest absolute Gasteiger partial charge is 0.396 e. The van der Waals surface area contributed by atoms with Crippen molar-refractivity contribution >= 4 is 11.8 Å². The van der Waals surface area contributed by atoms with E-state index in [1.807, 2.05) is 11.8 Å². The summed E-state index contributed by atoms with van der Waals surface area (Å²) in [6.07, 6.45) is 7.45. The summed E-state index contributed by atoms with van der Waals surface area (Å²) < 4.78 is 0. The van der Waals surface area contributed by atoms with Gasteiger partial charge in [-0.1, -0.05) is 13.3 Å². The second-order valence-electron chi connectivity index (χ2n) is 5.98. The van der Waals surface area contributed by atoms with E-state index in [0.717, 1.165) is 50.2 Å². The Morgan fingerprint density at radius 3 is 2.41 bits per heavy atom. The molecule has 1 saturated heterocycles. The van der Waals surface area contributed by atoms with Gasteiger partial charge in [-0.15, -0.1) is 0 Å². The first-order chi connectivity index (χ1) is 8.16. The summed E-state index contributed by atoms with van der Waals surface area (Å²) in [5, 5.41) is 20.8. The Balaban J connectivity index is 2.08. The van der Waals surface area contributed by atoms with E-state index in [0.29, 0.717) is 0 Å². The van der Waals surface area contributed by atoms with Gasteiger partial charge in [-0.05, 0) is 50.2 Å². The van der Waals surface area contributed by atoms with Crippen molar-refractivity contribution in [3.63, 3.8) is 0 Å². The number of aliphatic hydroxyl groups excluding tert-OH is 1. The molecule has 0 aromatic heterocycles. The lowest BCUT2D eigenvalue weighted by atomic mass is 9.62. The third-order valence-electron chi connectivity index (χ3n) is 5.12. The van der Waals surface area contributed by atoms with Crippen LogP contribution in [-0.4, -0.2) is 33.9 Å². The van der Waals surface area contributed by atoms with E-state index in [9.17, 15) is 10.2 Å². The smallest absolute Gasteiger partial charge is 0.0733 e. The zero-order valence-electron chi connectivity index (χ0n) is 11.0. The van der Waals surface area contributed by atoms with Crippen LogP contribution in [0, 0.1) is 11.3 Å². The van der Waals surface area contributed by atoms with Gasteiger partial charge in [0.2, 0.25) is 0 Å².